The predicted molar refractivity (Wildman–Crippen MR) is 90.9 cm³/mol. The number of hydrogen-bond acceptors (Lipinski definition) is 4. The number of aliphatic hydroxyl groups excluding tert-OH is 1. The van der Waals surface area contributed by atoms with Crippen LogP contribution in [0.1, 0.15) is 61.8 Å². The first-order valence-electron chi connectivity index (χ1n) is 8.26. The lowest BCUT2D eigenvalue weighted by molar-refractivity contribution is -0.154. The molecule has 5 heteroatoms. The molecule has 2 atom stereocenters. The highest BCUT2D eigenvalue weighted by molar-refractivity contribution is 5.87. The first-order valence-corrected chi connectivity index (χ1v) is 8.26. The van der Waals surface area contributed by atoms with Crippen molar-refractivity contribution in [3.8, 4) is 0 Å². The lowest BCUT2D eigenvalue weighted by atomic mass is 9.83. The zero-order valence-corrected chi connectivity index (χ0v) is 15.6. The molecule has 22 heavy (non-hydrogen) atoms. The van der Waals surface area contributed by atoms with Gasteiger partial charge in [0.25, 0.3) is 0 Å². The van der Waals surface area contributed by atoms with E-state index >= 15 is 0 Å². The van der Waals surface area contributed by atoms with Crippen LogP contribution in [0.4, 0.5) is 0 Å². The van der Waals surface area contributed by atoms with Crippen molar-refractivity contribution in [2.45, 2.75) is 84.0 Å². The Bertz CT molecular complexity index is 417. The Morgan fingerprint density at radius 1 is 1.27 bits per heavy atom. The van der Waals surface area contributed by atoms with E-state index in [2.05, 4.69) is 38.3 Å². The molecule has 1 heterocycles. The number of amides is 1. The minimum atomic E-state index is -0.598. The number of aliphatic hydroxyl groups is 1. The van der Waals surface area contributed by atoms with Gasteiger partial charge in [-0.2, -0.15) is 0 Å². The summed E-state index contributed by atoms with van der Waals surface area (Å²) in [5, 5.41) is 16.8. The van der Waals surface area contributed by atoms with Crippen molar-refractivity contribution in [2.75, 3.05) is 19.7 Å². The fourth-order valence-corrected chi connectivity index (χ4v) is 2.85. The van der Waals surface area contributed by atoms with Gasteiger partial charge in [-0.3, -0.25) is 10.1 Å². The molecular weight excluding hydrogens is 278 g/mol. The second-order valence-electron chi connectivity index (χ2n) is 8.84. The van der Waals surface area contributed by atoms with Gasteiger partial charge in [-0.05, 0) is 54.9 Å². The SMILES string of the molecule is CCC1(C)NC(C)(CNC(C)(C)C)CN(C(C)(C)CO)C1=O. The van der Waals surface area contributed by atoms with Crippen molar-refractivity contribution in [2.24, 2.45) is 0 Å². The zero-order chi connectivity index (χ0) is 17.4. The molecule has 5 nitrogen and oxygen atoms in total. The third-order valence-corrected chi connectivity index (χ3v) is 4.64. The van der Waals surface area contributed by atoms with Gasteiger partial charge in [0.2, 0.25) is 5.91 Å². The van der Waals surface area contributed by atoms with E-state index in [0.29, 0.717) is 6.54 Å². The summed E-state index contributed by atoms with van der Waals surface area (Å²) in [6, 6.07) is 0. The standard InChI is InChI=1S/C17H35N3O2/c1-9-17(8)13(22)20(15(5,6)12-21)11-16(7,19-17)10-18-14(2,3)4/h18-19,21H,9-12H2,1-8H3. The van der Waals surface area contributed by atoms with E-state index in [1.807, 2.05) is 32.6 Å². The van der Waals surface area contributed by atoms with Gasteiger partial charge in [-0.25, -0.2) is 0 Å². The minimum Gasteiger partial charge on any atom is -0.394 e. The summed E-state index contributed by atoms with van der Waals surface area (Å²) in [5.74, 6) is 0.0716. The lowest BCUT2D eigenvalue weighted by Gasteiger charge is -2.54. The van der Waals surface area contributed by atoms with Crippen LogP contribution in [0.5, 0.6) is 0 Å². The Labute approximate surface area is 135 Å². The molecule has 1 saturated heterocycles. The molecule has 0 bridgehead atoms. The van der Waals surface area contributed by atoms with Gasteiger partial charge in [0, 0.05) is 24.2 Å². The smallest absolute Gasteiger partial charge is 0.243 e. The molecule has 0 radical (unpaired) electrons. The molecule has 0 aromatic carbocycles. The molecule has 3 N–H and O–H groups in total. The van der Waals surface area contributed by atoms with Crippen LogP contribution >= 0.6 is 0 Å². The monoisotopic (exact) mass is 313 g/mol. The highest BCUT2D eigenvalue weighted by Gasteiger charge is 2.50. The Kier molecular flexibility index (Phi) is 5.38. The molecule has 1 fully saturated rings. The molecule has 2 unspecified atom stereocenters. The van der Waals surface area contributed by atoms with Crippen LogP contribution in [-0.2, 0) is 4.79 Å². The van der Waals surface area contributed by atoms with Crippen molar-refractivity contribution in [3.05, 3.63) is 0 Å². The topological polar surface area (TPSA) is 64.6 Å². The largest absolute Gasteiger partial charge is 0.394 e. The average molecular weight is 313 g/mol. The summed E-state index contributed by atoms with van der Waals surface area (Å²) in [6.45, 7) is 17.7. The Morgan fingerprint density at radius 3 is 2.23 bits per heavy atom. The Balaban J connectivity index is 3.09. The van der Waals surface area contributed by atoms with E-state index in [1.54, 1.807) is 0 Å². The third-order valence-electron chi connectivity index (χ3n) is 4.64. The molecule has 1 rings (SSSR count). The van der Waals surface area contributed by atoms with E-state index in [4.69, 9.17) is 0 Å². The first-order chi connectivity index (χ1) is 9.79. The number of nitrogens with zero attached hydrogens (tertiary/aromatic N) is 1. The molecule has 0 aromatic rings. The van der Waals surface area contributed by atoms with E-state index in [-0.39, 0.29) is 23.6 Å². The van der Waals surface area contributed by atoms with Gasteiger partial charge in [0.1, 0.15) is 0 Å². The van der Waals surface area contributed by atoms with Gasteiger partial charge in [0.05, 0.1) is 17.7 Å². The lowest BCUT2D eigenvalue weighted by Crippen LogP contribution is -2.77. The first kappa shape index (κ1) is 19.4. The number of carbonyl (C=O) groups is 1. The number of piperazine rings is 1. The van der Waals surface area contributed by atoms with Gasteiger partial charge in [0.15, 0.2) is 0 Å². The van der Waals surface area contributed by atoms with Crippen LogP contribution in [0.15, 0.2) is 0 Å². The van der Waals surface area contributed by atoms with Gasteiger partial charge in [-0.1, -0.05) is 6.92 Å². The molecule has 1 amide bonds. The summed E-state index contributed by atoms with van der Waals surface area (Å²) in [6.07, 6.45) is 0.717. The highest BCUT2D eigenvalue weighted by atomic mass is 16.3. The molecule has 0 spiro atoms. The molecule has 130 valence electrons. The summed E-state index contributed by atoms with van der Waals surface area (Å²) >= 11 is 0. The highest BCUT2D eigenvalue weighted by Crippen LogP contribution is 2.30. The van der Waals surface area contributed by atoms with Crippen LogP contribution in [0.25, 0.3) is 0 Å². The molecule has 0 aromatic heterocycles. The third kappa shape index (κ3) is 4.21. The van der Waals surface area contributed by atoms with Crippen LogP contribution in [0.3, 0.4) is 0 Å². The quantitative estimate of drug-likeness (QED) is 0.720. The van der Waals surface area contributed by atoms with E-state index in [0.717, 1.165) is 13.0 Å². The Hall–Kier alpha value is -0.650. The minimum absolute atomic E-state index is 0.0199. The van der Waals surface area contributed by atoms with Gasteiger partial charge >= 0.3 is 0 Å². The molecule has 0 aliphatic carbocycles. The van der Waals surface area contributed by atoms with E-state index in [1.165, 1.54) is 0 Å². The maximum atomic E-state index is 12.9. The Morgan fingerprint density at radius 2 is 1.82 bits per heavy atom. The number of nitrogens with one attached hydrogen (secondary N) is 2. The van der Waals surface area contributed by atoms with Crippen LogP contribution in [0, 0.1) is 0 Å². The van der Waals surface area contributed by atoms with Gasteiger partial charge in [-0.15, -0.1) is 0 Å². The maximum Gasteiger partial charge on any atom is 0.243 e. The van der Waals surface area contributed by atoms with Crippen LogP contribution in [-0.4, -0.2) is 57.8 Å². The fourth-order valence-electron chi connectivity index (χ4n) is 2.85. The van der Waals surface area contributed by atoms with Crippen molar-refractivity contribution in [3.63, 3.8) is 0 Å². The zero-order valence-electron chi connectivity index (χ0n) is 15.6. The summed E-state index contributed by atoms with van der Waals surface area (Å²) < 4.78 is 0. The van der Waals surface area contributed by atoms with Crippen molar-refractivity contribution in [1.29, 1.82) is 0 Å². The normalized spacial score (nSPS) is 30.8. The average Bonchev–Trinajstić information content (AvgIpc) is 2.40. The summed E-state index contributed by atoms with van der Waals surface area (Å²) in [7, 11) is 0. The number of carbonyl (C=O) groups excluding carboxylic acids is 1. The molecule has 1 aliphatic rings. The second-order valence-corrected chi connectivity index (χ2v) is 8.84. The maximum absolute atomic E-state index is 12.9. The van der Waals surface area contributed by atoms with Crippen molar-refractivity contribution in [1.82, 2.24) is 15.5 Å². The number of hydrogen-bond donors (Lipinski definition) is 3. The van der Waals surface area contributed by atoms with Crippen molar-refractivity contribution >= 4 is 5.91 Å². The van der Waals surface area contributed by atoms with Crippen LogP contribution in [0.2, 0.25) is 0 Å². The molecule has 0 saturated carbocycles. The van der Waals surface area contributed by atoms with Crippen molar-refractivity contribution < 1.29 is 9.90 Å². The van der Waals surface area contributed by atoms with E-state index < -0.39 is 11.1 Å². The summed E-state index contributed by atoms with van der Waals surface area (Å²) in [4.78, 5) is 14.7. The number of rotatable bonds is 5. The predicted octanol–water partition coefficient (Wildman–Crippen LogP) is 1.50. The fraction of sp³-hybridized carbons (Fsp3) is 0.941. The molecular formula is C17H35N3O2. The second kappa shape index (κ2) is 6.10. The molecule has 1 aliphatic heterocycles. The van der Waals surface area contributed by atoms with Gasteiger partial charge < -0.3 is 15.3 Å². The van der Waals surface area contributed by atoms with E-state index in [9.17, 15) is 9.90 Å². The van der Waals surface area contributed by atoms with Crippen LogP contribution < -0.4 is 10.6 Å². The summed E-state index contributed by atoms with van der Waals surface area (Å²) in [5.41, 5.74) is -1.37.